The van der Waals surface area contributed by atoms with Crippen LogP contribution in [0, 0.1) is 23.2 Å². The Morgan fingerprint density at radius 1 is 1.47 bits per heavy atom. The topological polar surface area (TPSA) is 42.2 Å². The zero-order chi connectivity index (χ0) is 10.7. The highest BCUT2D eigenvalue weighted by Crippen LogP contribution is 2.47. The lowest BCUT2D eigenvalue weighted by molar-refractivity contribution is -0.181. The van der Waals surface area contributed by atoms with Gasteiger partial charge < -0.3 is 9.47 Å². The van der Waals surface area contributed by atoms with Crippen LogP contribution in [0.5, 0.6) is 0 Å². The van der Waals surface area contributed by atoms with Crippen molar-refractivity contribution >= 4 is 0 Å². The monoisotopic (exact) mass is 207 g/mol. The van der Waals surface area contributed by atoms with E-state index in [2.05, 4.69) is 12.6 Å². The molecule has 3 nitrogen and oxygen atoms in total. The van der Waals surface area contributed by atoms with Gasteiger partial charge in [-0.05, 0) is 18.8 Å². The quantitative estimate of drug-likeness (QED) is 0.666. The lowest BCUT2D eigenvalue weighted by Crippen LogP contribution is -2.34. The summed E-state index contributed by atoms with van der Waals surface area (Å²) < 4.78 is 11.5. The van der Waals surface area contributed by atoms with Gasteiger partial charge in [0.25, 0.3) is 0 Å². The Hall–Kier alpha value is -0.850. The fourth-order valence-electron chi connectivity index (χ4n) is 2.82. The number of allylic oxidation sites excluding steroid dienone is 1. The van der Waals surface area contributed by atoms with Crippen LogP contribution in [0.15, 0.2) is 12.7 Å². The number of rotatable bonds is 3. The molecule has 1 aliphatic carbocycles. The second kappa shape index (κ2) is 4.34. The summed E-state index contributed by atoms with van der Waals surface area (Å²) in [5.74, 6) is 0.421. The van der Waals surface area contributed by atoms with Crippen molar-refractivity contribution in [2.24, 2.45) is 11.8 Å². The molecule has 2 fully saturated rings. The molecule has 0 aromatic carbocycles. The Labute approximate surface area is 90.7 Å². The summed E-state index contributed by atoms with van der Waals surface area (Å²) in [5.41, 5.74) is 0. The number of hydrogen-bond donors (Lipinski definition) is 0. The first-order valence-corrected chi connectivity index (χ1v) is 5.56. The van der Waals surface area contributed by atoms with Gasteiger partial charge in [-0.1, -0.05) is 6.08 Å². The fraction of sp³-hybridized carbons (Fsp3) is 0.750. The van der Waals surface area contributed by atoms with Crippen molar-refractivity contribution in [1.82, 2.24) is 0 Å². The van der Waals surface area contributed by atoms with Gasteiger partial charge >= 0.3 is 0 Å². The van der Waals surface area contributed by atoms with E-state index in [1.165, 1.54) is 0 Å². The van der Waals surface area contributed by atoms with E-state index in [1.54, 1.807) is 0 Å². The van der Waals surface area contributed by atoms with Gasteiger partial charge in [-0.25, -0.2) is 0 Å². The number of ether oxygens (including phenoxy) is 2. The summed E-state index contributed by atoms with van der Waals surface area (Å²) >= 11 is 0. The molecule has 0 aromatic rings. The second-order valence-electron chi connectivity index (χ2n) is 4.40. The highest BCUT2D eigenvalue weighted by Gasteiger charge is 2.50. The molecule has 2 unspecified atom stereocenters. The van der Waals surface area contributed by atoms with Gasteiger partial charge in [0, 0.05) is 18.8 Å². The van der Waals surface area contributed by atoms with Crippen LogP contribution in [0.2, 0.25) is 0 Å². The van der Waals surface area contributed by atoms with Crippen molar-refractivity contribution in [3.63, 3.8) is 0 Å². The van der Waals surface area contributed by atoms with E-state index in [-0.39, 0.29) is 0 Å². The predicted molar refractivity (Wildman–Crippen MR) is 55.9 cm³/mol. The molecule has 1 heterocycles. The van der Waals surface area contributed by atoms with Gasteiger partial charge in [0.1, 0.15) is 0 Å². The molecule has 0 radical (unpaired) electrons. The average Bonchev–Trinajstić information content (AvgIpc) is 2.79. The van der Waals surface area contributed by atoms with Gasteiger partial charge in [0.2, 0.25) is 0 Å². The van der Waals surface area contributed by atoms with Crippen LogP contribution >= 0.6 is 0 Å². The van der Waals surface area contributed by atoms with E-state index in [4.69, 9.17) is 14.7 Å². The second-order valence-corrected chi connectivity index (χ2v) is 4.40. The summed E-state index contributed by atoms with van der Waals surface area (Å²) in [6.45, 7) is 5.15. The zero-order valence-electron chi connectivity index (χ0n) is 8.95. The van der Waals surface area contributed by atoms with Crippen molar-refractivity contribution in [3.05, 3.63) is 12.7 Å². The number of nitriles is 1. The molecule has 2 rings (SSSR count). The van der Waals surface area contributed by atoms with Crippen LogP contribution in [0.25, 0.3) is 0 Å². The molecule has 0 amide bonds. The molecule has 15 heavy (non-hydrogen) atoms. The fourth-order valence-corrected chi connectivity index (χ4v) is 2.82. The Morgan fingerprint density at radius 3 is 2.80 bits per heavy atom. The van der Waals surface area contributed by atoms with Crippen LogP contribution in [-0.4, -0.2) is 19.0 Å². The minimum absolute atomic E-state index is 0.385. The van der Waals surface area contributed by atoms with Crippen LogP contribution < -0.4 is 0 Å². The maximum atomic E-state index is 8.72. The SMILES string of the molecule is C=CCC1CC(CC#N)CC12OCCO2. The molecule has 2 atom stereocenters. The van der Waals surface area contributed by atoms with Gasteiger partial charge in [-0.15, -0.1) is 6.58 Å². The molecule has 1 saturated heterocycles. The first kappa shape index (κ1) is 10.7. The summed E-state index contributed by atoms with van der Waals surface area (Å²) in [5, 5.41) is 8.72. The van der Waals surface area contributed by atoms with Gasteiger partial charge in [0.15, 0.2) is 5.79 Å². The molecule has 1 saturated carbocycles. The molecule has 0 N–H and O–H groups in total. The molecule has 2 aliphatic rings. The highest BCUT2D eigenvalue weighted by atomic mass is 16.7. The highest BCUT2D eigenvalue weighted by molar-refractivity contribution is 4.98. The summed E-state index contributed by atoms with van der Waals surface area (Å²) in [6.07, 6.45) is 5.36. The Kier molecular flexibility index (Phi) is 3.08. The van der Waals surface area contributed by atoms with E-state index in [1.807, 2.05) is 6.08 Å². The Bertz CT molecular complexity index is 276. The molecule has 1 spiro atoms. The standard InChI is InChI=1S/C12H17NO2/c1-2-3-11-8-10(4-5-13)9-12(11)14-6-7-15-12/h2,10-11H,1,3-4,6-9H2. The van der Waals surface area contributed by atoms with Crippen molar-refractivity contribution in [3.8, 4) is 6.07 Å². The lowest BCUT2D eigenvalue weighted by atomic mass is 9.98. The molecule has 0 bridgehead atoms. The summed E-state index contributed by atoms with van der Waals surface area (Å²) in [7, 11) is 0. The van der Waals surface area contributed by atoms with Gasteiger partial charge in [-0.3, -0.25) is 0 Å². The third-order valence-electron chi connectivity index (χ3n) is 3.42. The number of nitrogens with zero attached hydrogens (tertiary/aromatic N) is 1. The van der Waals surface area contributed by atoms with Crippen LogP contribution in [0.3, 0.4) is 0 Å². The average molecular weight is 207 g/mol. The molecular formula is C12H17NO2. The molecule has 1 aliphatic heterocycles. The third-order valence-corrected chi connectivity index (χ3v) is 3.42. The van der Waals surface area contributed by atoms with E-state index in [0.29, 0.717) is 31.5 Å². The van der Waals surface area contributed by atoms with Gasteiger partial charge in [-0.2, -0.15) is 5.26 Å². The third kappa shape index (κ3) is 1.92. The van der Waals surface area contributed by atoms with E-state index < -0.39 is 5.79 Å². The maximum absolute atomic E-state index is 8.72. The smallest absolute Gasteiger partial charge is 0.171 e. The van der Waals surface area contributed by atoms with E-state index in [9.17, 15) is 0 Å². The molecule has 3 heteroatoms. The molecule has 0 aromatic heterocycles. The minimum atomic E-state index is -0.393. The van der Waals surface area contributed by atoms with Gasteiger partial charge in [0.05, 0.1) is 19.3 Å². The number of hydrogen-bond acceptors (Lipinski definition) is 3. The maximum Gasteiger partial charge on any atom is 0.171 e. The first-order valence-electron chi connectivity index (χ1n) is 5.56. The first-order chi connectivity index (χ1) is 7.30. The predicted octanol–water partition coefficient (Wildman–Crippen LogP) is 2.25. The van der Waals surface area contributed by atoms with E-state index in [0.717, 1.165) is 19.3 Å². The Morgan fingerprint density at radius 2 is 2.20 bits per heavy atom. The molecular weight excluding hydrogens is 190 g/mol. The van der Waals surface area contributed by atoms with Crippen LogP contribution in [0.1, 0.15) is 25.7 Å². The van der Waals surface area contributed by atoms with Crippen molar-refractivity contribution in [1.29, 1.82) is 5.26 Å². The minimum Gasteiger partial charge on any atom is -0.347 e. The van der Waals surface area contributed by atoms with E-state index >= 15 is 0 Å². The normalized spacial score (nSPS) is 33.0. The lowest BCUT2D eigenvalue weighted by Gasteiger charge is -2.28. The zero-order valence-corrected chi connectivity index (χ0v) is 8.95. The molecule has 82 valence electrons. The Balaban J connectivity index is 2.07. The van der Waals surface area contributed by atoms with Crippen molar-refractivity contribution in [2.75, 3.05) is 13.2 Å². The van der Waals surface area contributed by atoms with Crippen molar-refractivity contribution < 1.29 is 9.47 Å². The van der Waals surface area contributed by atoms with Crippen LogP contribution in [-0.2, 0) is 9.47 Å². The largest absolute Gasteiger partial charge is 0.347 e. The summed E-state index contributed by atoms with van der Waals surface area (Å²) in [4.78, 5) is 0. The summed E-state index contributed by atoms with van der Waals surface area (Å²) in [6, 6.07) is 2.24. The van der Waals surface area contributed by atoms with Crippen molar-refractivity contribution in [2.45, 2.75) is 31.5 Å². The van der Waals surface area contributed by atoms with Crippen LogP contribution in [0.4, 0.5) is 0 Å².